The Labute approximate surface area is 172 Å². The first-order chi connectivity index (χ1) is 14.2. The molecule has 9 nitrogen and oxygen atoms in total. The molecule has 3 heterocycles. The van der Waals surface area contributed by atoms with Crippen molar-refractivity contribution in [1.29, 1.82) is 0 Å². The molecule has 0 radical (unpaired) electrons. The van der Waals surface area contributed by atoms with Crippen LogP contribution in [0.1, 0.15) is 30.1 Å². The lowest BCUT2D eigenvalue weighted by atomic mass is 10.1. The van der Waals surface area contributed by atoms with Crippen LogP contribution in [-0.2, 0) is 6.54 Å². The number of nitro groups is 1. The Balaban J connectivity index is 1.42. The van der Waals surface area contributed by atoms with E-state index < -0.39 is 0 Å². The molecule has 0 amide bonds. The van der Waals surface area contributed by atoms with Gasteiger partial charge in [0.1, 0.15) is 0 Å². The fourth-order valence-corrected chi connectivity index (χ4v) is 4.48. The summed E-state index contributed by atoms with van der Waals surface area (Å²) >= 11 is 1.71. The highest BCUT2D eigenvalue weighted by molar-refractivity contribution is 7.09. The molecule has 0 aliphatic carbocycles. The standard InChI is InChI=1S/C19H23N7O2S/c1-2-18(19-20-21-22-25(19)14-17-4-3-13-29-17)24-11-9-23(10-12-24)15-5-7-16(8-6-15)26(27)28/h3-8,13,18H,2,9-12,14H2,1H3. The van der Waals surface area contributed by atoms with Crippen molar-refractivity contribution < 1.29 is 4.92 Å². The number of rotatable bonds is 7. The van der Waals surface area contributed by atoms with Crippen LogP contribution in [0.2, 0.25) is 0 Å². The van der Waals surface area contributed by atoms with E-state index in [0.717, 1.165) is 44.1 Å². The van der Waals surface area contributed by atoms with Crippen LogP contribution in [0, 0.1) is 10.1 Å². The maximum atomic E-state index is 10.8. The molecular weight excluding hydrogens is 390 g/mol. The van der Waals surface area contributed by atoms with Crippen molar-refractivity contribution in [3.8, 4) is 0 Å². The van der Waals surface area contributed by atoms with Gasteiger partial charge in [-0.25, -0.2) is 4.68 Å². The molecule has 0 N–H and O–H groups in total. The van der Waals surface area contributed by atoms with Gasteiger partial charge in [0.05, 0.1) is 17.5 Å². The van der Waals surface area contributed by atoms with Gasteiger partial charge in [-0.2, -0.15) is 0 Å². The number of nitrogens with zero attached hydrogens (tertiary/aromatic N) is 7. The van der Waals surface area contributed by atoms with Gasteiger partial charge in [-0.1, -0.05) is 13.0 Å². The van der Waals surface area contributed by atoms with E-state index in [1.54, 1.807) is 23.5 Å². The number of tetrazole rings is 1. The number of hydrogen-bond donors (Lipinski definition) is 0. The molecule has 1 aromatic carbocycles. The first-order valence-corrected chi connectivity index (χ1v) is 10.6. The second kappa shape index (κ2) is 8.66. The van der Waals surface area contributed by atoms with Gasteiger partial charge in [-0.15, -0.1) is 16.4 Å². The molecule has 1 unspecified atom stereocenters. The van der Waals surface area contributed by atoms with Crippen LogP contribution >= 0.6 is 11.3 Å². The average molecular weight is 414 g/mol. The van der Waals surface area contributed by atoms with Gasteiger partial charge in [0.2, 0.25) is 0 Å². The van der Waals surface area contributed by atoms with Crippen molar-refractivity contribution in [2.75, 3.05) is 31.1 Å². The largest absolute Gasteiger partial charge is 0.369 e. The van der Waals surface area contributed by atoms with E-state index in [1.165, 1.54) is 4.88 Å². The Hall–Kier alpha value is -2.85. The van der Waals surface area contributed by atoms with Gasteiger partial charge in [0.25, 0.3) is 5.69 Å². The topological polar surface area (TPSA) is 93.2 Å². The van der Waals surface area contributed by atoms with E-state index in [4.69, 9.17) is 0 Å². The number of piperazine rings is 1. The molecule has 1 atom stereocenters. The molecule has 1 saturated heterocycles. The highest BCUT2D eigenvalue weighted by Crippen LogP contribution is 2.26. The highest BCUT2D eigenvalue weighted by Gasteiger charge is 2.28. The minimum atomic E-state index is -0.367. The summed E-state index contributed by atoms with van der Waals surface area (Å²) in [6.07, 6.45) is 0.933. The average Bonchev–Trinajstić information content (AvgIpc) is 3.42. The van der Waals surface area contributed by atoms with Crippen LogP contribution in [0.4, 0.5) is 11.4 Å². The molecule has 4 rings (SSSR count). The van der Waals surface area contributed by atoms with Gasteiger partial charge >= 0.3 is 0 Å². The molecule has 1 aliphatic rings. The summed E-state index contributed by atoms with van der Waals surface area (Å²) in [4.78, 5) is 16.4. The number of hydrogen-bond acceptors (Lipinski definition) is 8. The smallest absolute Gasteiger partial charge is 0.269 e. The highest BCUT2D eigenvalue weighted by atomic mass is 32.1. The van der Waals surface area contributed by atoms with E-state index in [9.17, 15) is 10.1 Å². The summed E-state index contributed by atoms with van der Waals surface area (Å²) in [7, 11) is 0. The fourth-order valence-electron chi connectivity index (χ4n) is 3.79. The molecule has 0 bridgehead atoms. The van der Waals surface area contributed by atoms with Crippen LogP contribution in [0.25, 0.3) is 0 Å². The fraction of sp³-hybridized carbons (Fsp3) is 0.421. The van der Waals surface area contributed by atoms with Gasteiger partial charge in [-0.05, 0) is 40.4 Å². The number of nitro benzene ring substituents is 1. The minimum absolute atomic E-state index is 0.121. The third-order valence-electron chi connectivity index (χ3n) is 5.31. The van der Waals surface area contributed by atoms with Crippen molar-refractivity contribution in [1.82, 2.24) is 25.1 Å². The summed E-state index contributed by atoms with van der Waals surface area (Å²) in [5.41, 5.74) is 1.14. The Bertz CT molecular complexity index is 934. The normalized spacial score (nSPS) is 16.1. The lowest BCUT2D eigenvalue weighted by Crippen LogP contribution is -2.48. The number of non-ortho nitro benzene ring substituents is 1. The third-order valence-corrected chi connectivity index (χ3v) is 6.17. The molecule has 0 saturated carbocycles. The summed E-state index contributed by atoms with van der Waals surface area (Å²) in [6, 6.07) is 11.1. The second-order valence-electron chi connectivity index (χ2n) is 6.99. The summed E-state index contributed by atoms with van der Waals surface area (Å²) in [6.45, 7) is 6.36. The number of thiophene rings is 1. The number of benzene rings is 1. The lowest BCUT2D eigenvalue weighted by molar-refractivity contribution is -0.384. The van der Waals surface area contributed by atoms with Crippen molar-refractivity contribution in [3.05, 3.63) is 62.6 Å². The van der Waals surface area contributed by atoms with Crippen LogP contribution in [0.5, 0.6) is 0 Å². The molecule has 2 aromatic heterocycles. The van der Waals surface area contributed by atoms with Crippen LogP contribution in [0.15, 0.2) is 41.8 Å². The van der Waals surface area contributed by atoms with E-state index >= 15 is 0 Å². The van der Waals surface area contributed by atoms with Gasteiger partial charge in [0.15, 0.2) is 5.82 Å². The predicted octanol–water partition coefficient (Wildman–Crippen LogP) is 2.96. The number of anilines is 1. The predicted molar refractivity (Wildman–Crippen MR) is 111 cm³/mol. The maximum absolute atomic E-state index is 10.8. The summed E-state index contributed by atoms with van der Waals surface area (Å²) < 4.78 is 1.91. The Morgan fingerprint density at radius 2 is 1.93 bits per heavy atom. The molecule has 3 aromatic rings. The van der Waals surface area contributed by atoms with Gasteiger partial charge in [-0.3, -0.25) is 15.0 Å². The zero-order valence-corrected chi connectivity index (χ0v) is 17.0. The van der Waals surface area contributed by atoms with E-state index in [2.05, 4.69) is 43.7 Å². The van der Waals surface area contributed by atoms with Crippen LogP contribution in [-0.4, -0.2) is 56.2 Å². The molecule has 29 heavy (non-hydrogen) atoms. The monoisotopic (exact) mass is 413 g/mol. The van der Waals surface area contributed by atoms with Crippen LogP contribution in [0.3, 0.4) is 0 Å². The molecule has 0 spiro atoms. The molecular formula is C19H23N7O2S. The van der Waals surface area contributed by atoms with Crippen molar-refractivity contribution in [2.45, 2.75) is 25.9 Å². The third kappa shape index (κ3) is 4.28. The van der Waals surface area contributed by atoms with E-state index in [0.29, 0.717) is 6.54 Å². The lowest BCUT2D eigenvalue weighted by Gasteiger charge is -2.39. The van der Waals surface area contributed by atoms with Gasteiger partial charge < -0.3 is 4.90 Å². The number of aromatic nitrogens is 4. The van der Waals surface area contributed by atoms with Gasteiger partial charge in [0, 0.05) is 48.9 Å². The SMILES string of the molecule is CCC(c1nnnn1Cc1cccs1)N1CCN(c2ccc([N+](=O)[O-])cc2)CC1. The van der Waals surface area contributed by atoms with E-state index in [1.807, 2.05) is 22.9 Å². The zero-order chi connectivity index (χ0) is 20.2. The molecule has 10 heteroatoms. The molecule has 152 valence electrons. The quantitative estimate of drug-likeness (QED) is 0.434. The maximum Gasteiger partial charge on any atom is 0.269 e. The minimum Gasteiger partial charge on any atom is -0.369 e. The van der Waals surface area contributed by atoms with Crippen molar-refractivity contribution >= 4 is 22.7 Å². The summed E-state index contributed by atoms with van der Waals surface area (Å²) in [5.74, 6) is 0.907. The zero-order valence-electron chi connectivity index (χ0n) is 16.2. The Morgan fingerprint density at radius 3 is 2.55 bits per heavy atom. The Morgan fingerprint density at radius 1 is 1.17 bits per heavy atom. The molecule has 1 aliphatic heterocycles. The van der Waals surface area contributed by atoms with Crippen LogP contribution < -0.4 is 4.90 Å². The molecule has 1 fully saturated rings. The Kier molecular flexibility index (Phi) is 5.81. The first kappa shape index (κ1) is 19.5. The van der Waals surface area contributed by atoms with Crippen molar-refractivity contribution in [2.24, 2.45) is 0 Å². The second-order valence-corrected chi connectivity index (χ2v) is 8.03. The summed E-state index contributed by atoms with van der Waals surface area (Å²) in [5, 5.41) is 25.4. The van der Waals surface area contributed by atoms with E-state index in [-0.39, 0.29) is 16.7 Å². The van der Waals surface area contributed by atoms with Crippen molar-refractivity contribution in [3.63, 3.8) is 0 Å². The first-order valence-electron chi connectivity index (χ1n) is 9.67.